The number of hydrogen-bond donors (Lipinski definition) is 5. The summed E-state index contributed by atoms with van der Waals surface area (Å²) in [5, 5.41) is 68.4. The number of aryl methyl sites for hydroxylation is 1. The second kappa shape index (κ2) is 27.3. The van der Waals surface area contributed by atoms with E-state index in [4.69, 9.17) is 39.7 Å². The van der Waals surface area contributed by atoms with Crippen molar-refractivity contribution in [3.63, 3.8) is 0 Å². The summed E-state index contributed by atoms with van der Waals surface area (Å²) in [7, 11) is 7.16. The van der Waals surface area contributed by atoms with Gasteiger partial charge in [-0.1, -0.05) is 13.8 Å². The first-order chi connectivity index (χ1) is 37.5. The van der Waals surface area contributed by atoms with E-state index in [1.54, 1.807) is 53.4 Å². The number of amides is 1. The van der Waals surface area contributed by atoms with Crippen LogP contribution in [0.5, 0.6) is 0 Å². The van der Waals surface area contributed by atoms with Gasteiger partial charge in [-0.15, -0.1) is 0 Å². The maximum atomic E-state index is 14.8. The van der Waals surface area contributed by atoms with Crippen molar-refractivity contribution >= 4 is 45.0 Å². The van der Waals surface area contributed by atoms with Crippen molar-refractivity contribution in [2.24, 2.45) is 24.8 Å². The van der Waals surface area contributed by atoms with Crippen LogP contribution in [0.25, 0.3) is 0 Å². The summed E-state index contributed by atoms with van der Waals surface area (Å²) >= 11 is 8.31. The van der Waals surface area contributed by atoms with Crippen LogP contribution in [0.2, 0.25) is 0 Å². The van der Waals surface area contributed by atoms with Gasteiger partial charge in [0.1, 0.15) is 18.3 Å². The van der Waals surface area contributed by atoms with Crippen LogP contribution in [0, 0.1) is 17.8 Å². The zero-order valence-corrected chi connectivity index (χ0v) is 51.8. The Kier molecular flexibility index (Phi) is 22.5. The van der Waals surface area contributed by atoms with E-state index in [0.717, 1.165) is 47.8 Å². The molecule has 0 aliphatic carbocycles. The number of ether oxygens (including phenoxy) is 6. The Morgan fingerprint density at radius 2 is 1.45 bits per heavy atom. The van der Waals surface area contributed by atoms with E-state index < -0.39 is 108 Å². The first kappa shape index (κ1) is 66.0. The number of cyclic esters (lactones) is 1. The predicted molar refractivity (Wildman–Crippen MR) is 314 cm³/mol. The molecule has 3 aromatic rings. The van der Waals surface area contributed by atoms with Crippen molar-refractivity contribution in [3.05, 3.63) is 73.1 Å². The standard InChI is InChI=1S/C61H98ClN4O13P/c1-15-49-61(10,73)54(69)43(6)66(50(67)31-25-17-16-18-26-32-80(62,45-27-21-19-22-28-45,46-29-23-20-24-30-46)47-36-63-65(13)38-47)37-39(2)34-59(8,72)56(79-58-52(68)48(64(11)12)33-40(3)75-58)41(4)53(42(5)57(71)77-49)78-51-35-60(9,74-14)55(70)44(7)76-51/h19-24,27-30,36,38-44,48-49,51-56,58,68-70,72-73H,15-18,25-26,31-35,37H2,1-14H3/t39-,40-,41+,42-,43-,44+,48+,49-,51+,52-,53+,54-,55+,56-,58+,59-,60-,61-/m1/s1. The van der Waals surface area contributed by atoms with Crippen LogP contribution >= 0.6 is 17.2 Å². The van der Waals surface area contributed by atoms with Gasteiger partial charge >= 0.3 is 245 Å². The second-order valence-electron chi connectivity index (χ2n) is 24.7. The smallest absolute Gasteiger partial charge is 0.383 e. The monoisotopic (exact) mass is 1160 g/mol. The minimum absolute atomic E-state index is 0.0468. The molecule has 3 saturated heterocycles. The first-order valence-corrected chi connectivity index (χ1v) is 32.5. The average Bonchev–Trinajstić information content (AvgIpc) is 3.90. The van der Waals surface area contributed by atoms with E-state index in [1.807, 2.05) is 93.4 Å². The molecular formula is C61H98ClN4O13P. The van der Waals surface area contributed by atoms with Crippen molar-refractivity contribution in [2.45, 2.75) is 224 Å². The molecule has 3 fully saturated rings. The van der Waals surface area contributed by atoms with Crippen LogP contribution in [0.3, 0.4) is 0 Å². The Labute approximate surface area is 481 Å². The number of aromatic nitrogens is 2. The molecule has 1 amide bonds. The summed E-state index contributed by atoms with van der Waals surface area (Å²) in [5.41, 5.74) is -4.86. The molecule has 0 bridgehead atoms. The minimum atomic E-state index is -3.49. The molecule has 19 heteroatoms. The van der Waals surface area contributed by atoms with Crippen LogP contribution in [0.4, 0.5) is 0 Å². The number of nitrogens with zero attached hydrogens (tertiary/aromatic N) is 4. The van der Waals surface area contributed by atoms with E-state index in [9.17, 15) is 35.1 Å². The topological polar surface area (TPSA) is 215 Å². The van der Waals surface area contributed by atoms with Gasteiger partial charge in [0, 0.05) is 25.5 Å². The number of rotatable bonds is 18. The summed E-state index contributed by atoms with van der Waals surface area (Å²) in [6.07, 6.45) is -1.03. The Hall–Kier alpha value is -3.13. The van der Waals surface area contributed by atoms with Crippen LogP contribution in [0.1, 0.15) is 133 Å². The van der Waals surface area contributed by atoms with Gasteiger partial charge < -0.3 is 53.7 Å². The number of aliphatic hydroxyl groups excluding tert-OH is 3. The molecule has 2 aromatic carbocycles. The maximum absolute atomic E-state index is 14.8. The molecule has 4 heterocycles. The fourth-order valence-electron chi connectivity index (χ4n) is 13.2. The van der Waals surface area contributed by atoms with Crippen LogP contribution in [-0.4, -0.2) is 181 Å². The van der Waals surface area contributed by atoms with Crippen LogP contribution < -0.4 is 15.9 Å². The quantitative estimate of drug-likeness (QED) is 0.0519. The third kappa shape index (κ3) is 14.3. The van der Waals surface area contributed by atoms with E-state index in [2.05, 4.69) is 29.4 Å². The van der Waals surface area contributed by atoms with Gasteiger partial charge in [-0.05, 0) is 68.5 Å². The van der Waals surface area contributed by atoms with Gasteiger partial charge in [-0.2, -0.15) is 0 Å². The van der Waals surface area contributed by atoms with Gasteiger partial charge in [0.15, 0.2) is 12.6 Å². The average molecular weight is 1160 g/mol. The fourth-order valence-corrected chi connectivity index (χ4v) is 19.2. The number of aliphatic hydroxyl groups is 5. The predicted octanol–water partition coefficient (Wildman–Crippen LogP) is 6.56. The SMILES string of the molecule is CC[C@H]1OC(=O)[C@H](C)[C@@H](O[C@H]2C[C@@](C)(OC)[C@@H](O)[C@H](C)O2)[C@H](C)[C@@H](O[C@@H]2O[C@H](C)C[C@H](N(C)C)[C@H]2O)[C@](C)(O)C[C@@H](C)CN(C(=O)CCCCCCCP(Cl)(c2ccccc2)(c2ccccc2)c2cnn(C)c2)[C@H](C)[C@@H](O)[C@]1(C)O. The molecule has 6 rings (SSSR count). The molecule has 0 radical (unpaired) electrons. The van der Waals surface area contributed by atoms with Crippen molar-refractivity contribution in [1.82, 2.24) is 19.6 Å². The Morgan fingerprint density at radius 1 is 0.850 bits per heavy atom. The molecular weight excluding hydrogens is 1060 g/mol. The number of benzene rings is 2. The van der Waals surface area contributed by atoms with Gasteiger partial charge in [0.2, 0.25) is 0 Å². The van der Waals surface area contributed by atoms with E-state index in [0.29, 0.717) is 12.8 Å². The molecule has 452 valence electrons. The van der Waals surface area contributed by atoms with Gasteiger partial charge in [-0.25, -0.2) is 0 Å². The van der Waals surface area contributed by atoms with Crippen LogP contribution in [0.15, 0.2) is 73.1 Å². The van der Waals surface area contributed by atoms with E-state index >= 15 is 0 Å². The van der Waals surface area contributed by atoms with Gasteiger partial charge in [0.05, 0.1) is 41.5 Å². The van der Waals surface area contributed by atoms with Crippen molar-refractivity contribution in [3.8, 4) is 0 Å². The number of esters is 1. The zero-order valence-electron chi connectivity index (χ0n) is 50.2. The summed E-state index contributed by atoms with van der Waals surface area (Å²) in [5.74, 6) is -6.89. The number of halogens is 1. The van der Waals surface area contributed by atoms with E-state index in [-0.39, 0.29) is 50.3 Å². The number of likely N-dealkylation sites (N-methyl/N-ethyl adjacent to an activating group) is 1. The van der Waals surface area contributed by atoms with Crippen molar-refractivity contribution in [1.29, 1.82) is 0 Å². The van der Waals surface area contributed by atoms with Gasteiger partial charge in [-0.3, -0.25) is 4.79 Å². The van der Waals surface area contributed by atoms with Crippen molar-refractivity contribution < 1.29 is 63.5 Å². The normalized spacial score (nSPS) is 36.8. The molecule has 0 saturated carbocycles. The number of hydrogen-bond acceptors (Lipinski definition) is 15. The number of unbranched alkanes of at least 4 members (excludes halogenated alkanes) is 4. The molecule has 0 unspecified atom stereocenters. The first-order valence-electron chi connectivity index (χ1n) is 29.2. The van der Waals surface area contributed by atoms with Crippen molar-refractivity contribution in [2.75, 3.05) is 33.9 Å². The number of carbonyl (C=O) groups excluding carboxylic acids is 2. The molecule has 80 heavy (non-hydrogen) atoms. The van der Waals surface area contributed by atoms with Gasteiger partial charge in [0.25, 0.3) is 0 Å². The molecule has 18 atom stereocenters. The molecule has 17 nitrogen and oxygen atoms in total. The number of carbonyl (C=O) groups is 2. The Bertz CT molecular complexity index is 2400. The zero-order chi connectivity index (χ0) is 59.1. The minimum Gasteiger partial charge on any atom is -0.383 e. The fraction of sp³-hybridized carbons (Fsp3) is 0.721. The Balaban J connectivity index is 1.27. The molecule has 1 aromatic heterocycles. The summed E-state index contributed by atoms with van der Waals surface area (Å²) in [6, 6.07) is 19.4. The van der Waals surface area contributed by atoms with E-state index in [1.165, 1.54) is 14.0 Å². The third-order valence-corrected chi connectivity index (χ3v) is 25.5. The number of methoxy groups -OCH3 is 1. The Morgan fingerprint density at radius 3 is 2.01 bits per heavy atom. The third-order valence-electron chi connectivity index (χ3n) is 18.0. The second-order valence-corrected chi connectivity index (χ2v) is 31.3. The summed E-state index contributed by atoms with van der Waals surface area (Å²) < 4.78 is 40.1. The molecule has 3 aliphatic rings. The molecule has 3 aliphatic heterocycles. The van der Waals surface area contributed by atoms with Crippen LogP contribution in [-0.2, 0) is 45.1 Å². The summed E-state index contributed by atoms with van der Waals surface area (Å²) in [6.45, 7) is 17.3. The summed E-state index contributed by atoms with van der Waals surface area (Å²) in [4.78, 5) is 33.0. The molecule has 0 spiro atoms. The molecule has 5 N–H and O–H groups in total.